The number of rotatable bonds is 4. The Hall–Kier alpha value is -2.09. The van der Waals surface area contributed by atoms with Crippen LogP contribution < -0.4 is 4.57 Å². The van der Waals surface area contributed by atoms with E-state index in [-0.39, 0.29) is 0 Å². The molecule has 0 aliphatic carbocycles. The van der Waals surface area contributed by atoms with Gasteiger partial charge in [0.2, 0.25) is 6.33 Å². The van der Waals surface area contributed by atoms with Crippen molar-refractivity contribution in [3.8, 4) is 5.69 Å². The van der Waals surface area contributed by atoms with Gasteiger partial charge in [0.05, 0.1) is 0 Å². The molecule has 0 saturated carbocycles. The molecule has 3 rings (SSSR count). The number of aromatic nitrogens is 2. The Balaban J connectivity index is 1.99. The minimum atomic E-state index is 0.678. The van der Waals surface area contributed by atoms with Gasteiger partial charge in [-0.2, -0.15) is 4.57 Å². The van der Waals surface area contributed by atoms with Gasteiger partial charge in [0.15, 0.2) is 11.0 Å². The van der Waals surface area contributed by atoms with E-state index in [4.69, 9.17) is 0 Å². The second kappa shape index (κ2) is 5.49. The molecule has 0 radical (unpaired) electrons. The number of aromatic amines is 1. The van der Waals surface area contributed by atoms with E-state index in [0.29, 0.717) is 5.92 Å². The molecular formula is C18H21N2+. The Morgan fingerprint density at radius 3 is 2.35 bits per heavy atom. The Bertz CT molecular complexity index is 691. The molecule has 0 aliphatic rings. The second-order valence-corrected chi connectivity index (χ2v) is 5.27. The van der Waals surface area contributed by atoms with Gasteiger partial charge in [0.1, 0.15) is 5.69 Å². The minimum Gasteiger partial charge on any atom is -0.243 e. The largest absolute Gasteiger partial charge is 0.247 e. The molecule has 0 saturated heterocycles. The smallest absolute Gasteiger partial charge is 0.243 e. The van der Waals surface area contributed by atoms with Crippen LogP contribution in [0.15, 0.2) is 54.9 Å². The first kappa shape index (κ1) is 12.9. The first-order valence-electron chi connectivity index (χ1n) is 7.41. The average Bonchev–Trinajstić information content (AvgIpc) is 2.93. The van der Waals surface area contributed by atoms with Crippen molar-refractivity contribution in [2.75, 3.05) is 0 Å². The van der Waals surface area contributed by atoms with Crippen LogP contribution in [-0.4, -0.2) is 4.98 Å². The minimum absolute atomic E-state index is 0.678. The fourth-order valence-electron chi connectivity index (χ4n) is 2.89. The van der Waals surface area contributed by atoms with Crippen molar-refractivity contribution >= 4 is 11.0 Å². The van der Waals surface area contributed by atoms with Crippen molar-refractivity contribution in [2.45, 2.75) is 32.6 Å². The molecule has 0 amide bonds. The average molecular weight is 265 g/mol. The molecule has 1 N–H and O–H groups in total. The van der Waals surface area contributed by atoms with E-state index >= 15 is 0 Å². The van der Waals surface area contributed by atoms with Gasteiger partial charge in [0, 0.05) is 0 Å². The third kappa shape index (κ3) is 2.22. The van der Waals surface area contributed by atoms with Crippen LogP contribution in [0.5, 0.6) is 0 Å². The van der Waals surface area contributed by atoms with Crippen molar-refractivity contribution in [1.29, 1.82) is 0 Å². The van der Waals surface area contributed by atoms with Gasteiger partial charge in [-0.05, 0) is 48.6 Å². The standard InChI is InChI=1S/C18H20N2/c1-3-14(4-2)15-9-11-16(12-10-15)20-13-19-17-7-5-6-8-18(17)20/h5-14H,3-4H2,1-2H3/p+1. The number of nitrogens with one attached hydrogen (secondary N) is 1. The summed E-state index contributed by atoms with van der Waals surface area (Å²) in [6, 6.07) is 17.3. The summed E-state index contributed by atoms with van der Waals surface area (Å²) in [5, 5.41) is 0. The van der Waals surface area contributed by atoms with Crippen LogP contribution in [0.2, 0.25) is 0 Å². The number of imidazole rings is 1. The third-order valence-corrected chi connectivity index (χ3v) is 4.14. The summed E-state index contributed by atoms with van der Waals surface area (Å²) in [5.74, 6) is 0.678. The Labute approximate surface area is 120 Å². The van der Waals surface area contributed by atoms with Crippen molar-refractivity contribution in [1.82, 2.24) is 4.98 Å². The number of para-hydroxylation sites is 2. The molecule has 1 aromatic heterocycles. The summed E-state index contributed by atoms with van der Waals surface area (Å²) >= 11 is 0. The maximum absolute atomic E-state index is 3.31. The molecule has 102 valence electrons. The monoisotopic (exact) mass is 265 g/mol. The Morgan fingerprint density at radius 2 is 1.65 bits per heavy atom. The van der Waals surface area contributed by atoms with Crippen LogP contribution in [0.1, 0.15) is 38.2 Å². The van der Waals surface area contributed by atoms with Crippen molar-refractivity contribution < 1.29 is 4.57 Å². The van der Waals surface area contributed by atoms with E-state index in [1.54, 1.807) is 0 Å². The molecule has 0 aliphatic heterocycles. The molecule has 2 heteroatoms. The van der Waals surface area contributed by atoms with Crippen molar-refractivity contribution in [3.63, 3.8) is 0 Å². The van der Waals surface area contributed by atoms with Gasteiger partial charge in [-0.15, -0.1) is 0 Å². The molecule has 0 unspecified atom stereocenters. The number of nitrogens with zero attached hydrogens (tertiary/aromatic N) is 1. The van der Waals surface area contributed by atoms with Gasteiger partial charge in [-0.3, -0.25) is 0 Å². The Morgan fingerprint density at radius 1 is 0.950 bits per heavy atom. The lowest BCUT2D eigenvalue weighted by molar-refractivity contribution is -0.567. The van der Waals surface area contributed by atoms with Crippen molar-refractivity contribution in [2.24, 2.45) is 0 Å². The molecule has 20 heavy (non-hydrogen) atoms. The van der Waals surface area contributed by atoms with E-state index in [0.717, 1.165) is 5.52 Å². The highest BCUT2D eigenvalue weighted by molar-refractivity contribution is 5.71. The highest BCUT2D eigenvalue weighted by Gasteiger charge is 2.12. The number of hydrogen-bond acceptors (Lipinski definition) is 0. The van der Waals surface area contributed by atoms with E-state index in [9.17, 15) is 0 Å². The summed E-state index contributed by atoms with van der Waals surface area (Å²) in [5.41, 5.74) is 5.02. The summed E-state index contributed by atoms with van der Waals surface area (Å²) in [7, 11) is 0. The molecule has 3 aromatic rings. The van der Waals surface area contributed by atoms with E-state index in [1.165, 1.54) is 29.6 Å². The quantitative estimate of drug-likeness (QED) is 0.677. The zero-order valence-corrected chi connectivity index (χ0v) is 12.1. The normalized spacial score (nSPS) is 11.3. The predicted molar refractivity (Wildman–Crippen MR) is 83.2 cm³/mol. The Kier molecular flexibility index (Phi) is 3.55. The molecule has 1 heterocycles. The number of hydrogen-bond donors (Lipinski definition) is 1. The van der Waals surface area contributed by atoms with E-state index < -0.39 is 0 Å². The highest BCUT2D eigenvalue weighted by Crippen LogP contribution is 2.23. The highest BCUT2D eigenvalue weighted by atomic mass is 15.0. The maximum atomic E-state index is 3.31. The van der Waals surface area contributed by atoms with Gasteiger partial charge in [-0.25, -0.2) is 4.98 Å². The zero-order chi connectivity index (χ0) is 13.9. The van der Waals surface area contributed by atoms with Gasteiger partial charge in [-0.1, -0.05) is 38.1 Å². The number of H-pyrrole nitrogens is 1. The van der Waals surface area contributed by atoms with Gasteiger partial charge >= 0.3 is 0 Å². The van der Waals surface area contributed by atoms with Crippen LogP contribution in [0.25, 0.3) is 16.7 Å². The lowest BCUT2D eigenvalue weighted by Crippen LogP contribution is -2.28. The number of benzene rings is 2. The van der Waals surface area contributed by atoms with Crippen molar-refractivity contribution in [3.05, 3.63) is 60.4 Å². The van der Waals surface area contributed by atoms with Crippen LogP contribution >= 0.6 is 0 Å². The molecule has 2 aromatic carbocycles. The lowest BCUT2D eigenvalue weighted by Gasteiger charge is -2.12. The topological polar surface area (TPSA) is 19.7 Å². The van der Waals surface area contributed by atoms with E-state index in [1.807, 2.05) is 6.33 Å². The second-order valence-electron chi connectivity index (χ2n) is 5.27. The summed E-state index contributed by atoms with van der Waals surface area (Å²) in [6.45, 7) is 4.52. The first-order valence-corrected chi connectivity index (χ1v) is 7.41. The van der Waals surface area contributed by atoms with Crippen LogP contribution in [0.4, 0.5) is 0 Å². The fourth-order valence-corrected chi connectivity index (χ4v) is 2.89. The first-order chi connectivity index (χ1) is 9.83. The molecule has 0 spiro atoms. The predicted octanol–water partition coefficient (Wildman–Crippen LogP) is 4.35. The lowest BCUT2D eigenvalue weighted by atomic mass is 9.94. The molecular weight excluding hydrogens is 244 g/mol. The maximum Gasteiger partial charge on any atom is 0.247 e. The molecule has 0 fully saturated rings. The van der Waals surface area contributed by atoms with Crippen LogP contribution in [0.3, 0.4) is 0 Å². The third-order valence-electron chi connectivity index (χ3n) is 4.14. The molecule has 2 nitrogen and oxygen atoms in total. The van der Waals surface area contributed by atoms with Crippen LogP contribution in [-0.2, 0) is 0 Å². The SMILES string of the molecule is CCC(CC)c1ccc(-[n+]2c[nH]c3ccccc32)cc1. The van der Waals surface area contributed by atoms with Gasteiger partial charge < -0.3 is 0 Å². The summed E-state index contributed by atoms with van der Waals surface area (Å²) < 4.78 is 2.20. The van der Waals surface area contributed by atoms with Gasteiger partial charge in [0.25, 0.3) is 0 Å². The molecule has 0 atom stereocenters. The summed E-state index contributed by atoms with van der Waals surface area (Å²) in [4.78, 5) is 3.31. The zero-order valence-electron chi connectivity index (χ0n) is 12.1. The van der Waals surface area contributed by atoms with Crippen LogP contribution in [0, 0.1) is 0 Å². The van der Waals surface area contributed by atoms with E-state index in [2.05, 4.69) is 71.9 Å². The summed E-state index contributed by atoms with van der Waals surface area (Å²) in [6.07, 6.45) is 4.43. The number of fused-ring (bicyclic) bond motifs is 1. The molecule has 0 bridgehead atoms. The fraction of sp³-hybridized carbons (Fsp3) is 0.278.